The number of ketones is 1. The van der Waals surface area contributed by atoms with Crippen molar-refractivity contribution in [1.29, 1.82) is 0 Å². The van der Waals surface area contributed by atoms with E-state index in [-0.39, 0.29) is 12.3 Å². The molecule has 1 aromatic rings. The molecule has 1 fully saturated rings. The van der Waals surface area contributed by atoms with Crippen molar-refractivity contribution in [3.05, 3.63) is 35.9 Å². The standard InChI is InChI=1S/C14H20N2O4S/c1-13(17)11-16(12-14-5-3-2-4-6-14)21(18)20-15-7-9-19-10-8-15/h2-6H,7-12H2,1H3. The number of hydroxylamine groups is 2. The van der Waals surface area contributed by atoms with Crippen molar-refractivity contribution in [3.8, 4) is 0 Å². The lowest BCUT2D eigenvalue weighted by molar-refractivity contribution is -0.120. The van der Waals surface area contributed by atoms with E-state index >= 15 is 0 Å². The highest BCUT2D eigenvalue weighted by molar-refractivity contribution is 7.77. The van der Waals surface area contributed by atoms with Crippen LogP contribution < -0.4 is 0 Å². The summed E-state index contributed by atoms with van der Waals surface area (Å²) in [7, 11) is 0. The molecule has 0 bridgehead atoms. The molecule has 116 valence electrons. The number of Topliss-reactive ketones (excluding diaryl/α,β-unsaturated/α-hetero) is 1. The second-order valence-electron chi connectivity index (χ2n) is 4.82. The largest absolute Gasteiger partial charge is 0.379 e. The second-order valence-corrected chi connectivity index (χ2v) is 5.92. The number of carbonyl (C=O) groups excluding carboxylic acids is 1. The summed E-state index contributed by atoms with van der Waals surface area (Å²) < 4.78 is 24.5. The van der Waals surface area contributed by atoms with Crippen LogP contribution in [-0.4, -0.2) is 52.2 Å². The molecule has 0 saturated carbocycles. The fourth-order valence-electron chi connectivity index (χ4n) is 1.96. The van der Waals surface area contributed by atoms with Crippen molar-refractivity contribution < 1.29 is 18.0 Å². The van der Waals surface area contributed by atoms with Gasteiger partial charge in [-0.1, -0.05) is 30.3 Å². The molecule has 0 radical (unpaired) electrons. The summed E-state index contributed by atoms with van der Waals surface area (Å²) in [5.74, 6) is -0.0511. The Balaban J connectivity index is 1.97. The van der Waals surface area contributed by atoms with Gasteiger partial charge in [0.05, 0.1) is 19.8 Å². The van der Waals surface area contributed by atoms with Crippen LogP contribution in [0.5, 0.6) is 0 Å². The van der Waals surface area contributed by atoms with Crippen molar-refractivity contribution in [2.24, 2.45) is 0 Å². The Labute approximate surface area is 127 Å². The van der Waals surface area contributed by atoms with E-state index in [0.29, 0.717) is 32.8 Å². The Kier molecular flexibility index (Phi) is 6.47. The highest BCUT2D eigenvalue weighted by Crippen LogP contribution is 2.10. The SMILES string of the molecule is CC(=O)CN(Cc1ccccc1)S(=O)ON1CCOCC1. The molecule has 7 heteroatoms. The van der Waals surface area contributed by atoms with Crippen molar-refractivity contribution in [2.45, 2.75) is 13.5 Å². The van der Waals surface area contributed by atoms with Gasteiger partial charge in [-0.05, 0) is 12.5 Å². The molecular formula is C14H20N2O4S. The molecule has 6 nitrogen and oxygen atoms in total. The zero-order valence-corrected chi connectivity index (χ0v) is 12.9. The summed E-state index contributed by atoms with van der Waals surface area (Å²) in [6.45, 7) is 4.23. The molecule has 1 aliphatic rings. The van der Waals surface area contributed by atoms with Gasteiger partial charge in [0.25, 0.3) is 11.3 Å². The molecule has 1 aliphatic heterocycles. The maximum Gasteiger partial charge on any atom is 0.255 e. The van der Waals surface area contributed by atoms with E-state index in [1.54, 1.807) is 5.06 Å². The third-order valence-electron chi connectivity index (χ3n) is 2.95. The number of benzene rings is 1. The number of rotatable bonds is 7. The molecule has 0 spiro atoms. The third-order valence-corrected chi connectivity index (χ3v) is 3.97. The highest BCUT2D eigenvalue weighted by Gasteiger charge is 2.21. The molecular weight excluding hydrogens is 292 g/mol. The van der Waals surface area contributed by atoms with Crippen LogP contribution in [0.15, 0.2) is 30.3 Å². The van der Waals surface area contributed by atoms with E-state index in [2.05, 4.69) is 0 Å². The van der Waals surface area contributed by atoms with E-state index in [1.165, 1.54) is 11.2 Å². The fourth-order valence-corrected chi connectivity index (χ4v) is 2.92. The summed E-state index contributed by atoms with van der Waals surface area (Å²) >= 11 is -1.69. The summed E-state index contributed by atoms with van der Waals surface area (Å²) in [4.78, 5) is 11.4. The molecule has 1 atom stereocenters. The van der Waals surface area contributed by atoms with Gasteiger partial charge in [-0.15, -0.1) is 0 Å². The van der Waals surface area contributed by atoms with Crippen LogP contribution in [0.1, 0.15) is 12.5 Å². The van der Waals surface area contributed by atoms with E-state index < -0.39 is 11.3 Å². The van der Waals surface area contributed by atoms with Crippen LogP contribution in [0.4, 0.5) is 0 Å². The maximum absolute atomic E-state index is 12.3. The van der Waals surface area contributed by atoms with Crippen LogP contribution in [0.2, 0.25) is 0 Å². The first-order valence-corrected chi connectivity index (χ1v) is 7.89. The van der Waals surface area contributed by atoms with Gasteiger partial charge in [0, 0.05) is 19.6 Å². The zero-order chi connectivity index (χ0) is 15.1. The molecule has 2 rings (SSSR count). The second kappa shape index (κ2) is 8.35. The monoisotopic (exact) mass is 312 g/mol. The Bertz CT molecular complexity index is 477. The first kappa shape index (κ1) is 16.3. The number of hydrogen-bond donors (Lipinski definition) is 0. The average Bonchev–Trinajstić information content (AvgIpc) is 2.48. The van der Waals surface area contributed by atoms with Gasteiger partial charge in [-0.3, -0.25) is 4.79 Å². The van der Waals surface area contributed by atoms with Crippen LogP contribution in [-0.2, 0) is 31.6 Å². The van der Waals surface area contributed by atoms with Crippen molar-refractivity contribution in [3.63, 3.8) is 0 Å². The summed E-state index contributed by atoms with van der Waals surface area (Å²) in [5.41, 5.74) is 0.984. The minimum atomic E-state index is -1.69. The summed E-state index contributed by atoms with van der Waals surface area (Å²) in [5, 5.41) is 1.62. The predicted octanol–water partition coefficient (Wildman–Crippen LogP) is 0.920. The van der Waals surface area contributed by atoms with Gasteiger partial charge in [-0.2, -0.15) is 13.7 Å². The average molecular weight is 312 g/mol. The van der Waals surface area contributed by atoms with Crippen molar-refractivity contribution in [2.75, 3.05) is 32.8 Å². The molecule has 1 heterocycles. The van der Waals surface area contributed by atoms with Gasteiger partial charge in [0.1, 0.15) is 5.78 Å². The van der Waals surface area contributed by atoms with Gasteiger partial charge in [0.2, 0.25) is 0 Å². The number of nitrogens with zero attached hydrogens (tertiary/aromatic N) is 2. The maximum atomic E-state index is 12.3. The van der Waals surface area contributed by atoms with E-state index in [9.17, 15) is 9.00 Å². The van der Waals surface area contributed by atoms with Crippen LogP contribution in [0.25, 0.3) is 0 Å². The highest BCUT2D eigenvalue weighted by atomic mass is 32.2. The Morgan fingerprint density at radius 1 is 1.33 bits per heavy atom. The minimum Gasteiger partial charge on any atom is -0.379 e. The predicted molar refractivity (Wildman–Crippen MR) is 79.2 cm³/mol. The number of hydrogen-bond acceptors (Lipinski definition) is 5. The van der Waals surface area contributed by atoms with E-state index in [0.717, 1.165) is 5.56 Å². The van der Waals surface area contributed by atoms with Crippen molar-refractivity contribution >= 4 is 17.0 Å². The normalized spacial score (nSPS) is 17.8. The fraction of sp³-hybridized carbons (Fsp3) is 0.500. The lowest BCUT2D eigenvalue weighted by Crippen LogP contribution is -2.41. The number of carbonyl (C=O) groups is 1. The molecule has 0 aliphatic carbocycles. The van der Waals surface area contributed by atoms with Gasteiger partial charge in [0.15, 0.2) is 0 Å². The van der Waals surface area contributed by atoms with Gasteiger partial charge >= 0.3 is 0 Å². The zero-order valence-electron chi connectivity index (χ0n) is 12.1. The molecule has 0 aromatic heterocycles. The molecule has 21 heavy (non-hydrogen) atoms. The Hall–Kier alpha value is -1.12. The quantitative estimate of drug-likeness (QED) is 0.749. The minimum absolute atomic E-state index is 0.0511. The Morgan fingerprint density at radius 3 is 2.62 bits per heavy atom. The van der Waals surface area contributed by atoms with E-state index in [1.807, 2.05) is 30.3 Å². The first-order valence-electron chi connectivity index (χ1n) is 6.86. The lowest BCUT2D eigenvalue weighted by atomic mass is 10.2. The molecule has 0 amide bonds. The summed E-state index contributed by atoms with van der Waals surface area (Å²) in [6.07, 6.45) is 0. The van der Waals surface area contributed by atoms with Crippen LogP contribution >= 0.6 is 0 Å². The van der Waals surface area contributed by atoms with Gasteiger partial charge < -0.3 is 4.74 Å². The molecule has 1 saturated heterocycles. The van der Waals surface area contributed by atoms with Gasteiger partial charge in [-0.25, -0.2) is 4.21 Å². The smallest absolute Gasteiger partial charge is 0.255 e. The molecule has 0 N–H and O–H groups in total. The first-order chi connectivity index (χ1) is 10.1. The van der Waals surface area contributed by atoms with Crippen LogP contribution in [0, 0.1) is 0 Å². The van der Waals surface area contributed by atoms with E-state index in [4.69, 9.17) is 9.02 Å². The Morgan fingerprint density at radius 2 is 2.00 bits per heavy atom. The number of ether oxygens (including phenoxy) is 1. The molecule has 1 unspecified atom stereocenters. The summed E-state index contributed by atoms with van der Waals surface area (Å²) in [6, 6.07) is 9.60. The third kappa shape index (κ3) is 5.64. The lowest BCUT2D eigenvalue weighted by Gasteiger charge is -2.27. The van der Waals surface area contributed by atoms with Crippen molar-refractivity contribution in [1.82, 2.24) is 9.37 Å². The van der Waals surface area contributed by atoms with Crippen LogP contribution in [0.3, 0.4) is 0 Å². The topological polar surface area (TPSA) is 59.1 Å². The number of morpholine rings is 1. The molecule has 1 aromatic carbocycles.